The summed E-state index contributed by atoms with van der Waals surface area (Å²) in [7, 11) is 0. The average molecular weight is 387 g/mol. The van der Waals surface area contributed by atoms with Crippen molar-refractivity contribution in [1.29, 1.82) is 0 Å². The van der Waals surface area contributed by atoms with E-state index in [4.69, 9.17) is 0 Å². The molecule has 6 nitrogen and oxygen atoms in total. The van der Waals surface area contributed by atoms with Gasteiger partial charge in [0, 0.05) is 42.7 Å². The van der Waals surface area contributed by atoms with E-state index in [0.29, 0.717) is 0 Å². The lowest BCUT2D eigenvalue weighted by Crippen LogP contribution is -2.38. The van der Waals surface area contributed by atoms with Crippen LogP contribution in [0, 0.1) is 5.92 Å². The number of benzene rings is 1. The van der Waals surface area contributed by atoms with Gasteiger partial charge in [0.15, 0.2) is 5.82 Å². The number of aromatic nitrogens is 3. The third-order valence-electron chi connectivity index (χ3n) is 5.47. The molecule has 3 heterocycles. The second kappa shape index (κ2) is 8.82. The number of hydrogen-bond acceptors (Lipinski definition) is 5. The molecule has 0 bridgehead atoms. The minimum Gasteiger partial charge on any atom is -0.355 e. The minimum atomic E-state index is 0.0280. The highest BCUT2D eigenvalue weighted by atomic mass is 16.1. The van der Waals surface area contributed by atoms with Crippen molar-refractivity contribution in [1.82, 2.24) is 15.2 Å². The molecule has 1 N–H and O–H groups in total. The monoisotopic (exact) mass is 387 g/mol. The van der Waals surface area contributed by atoms with Crippen LogP contribution >= 0.6 is 0 Å². The smallest absolute Gasteiger partial charge is 0.227 e. The predicted octanol–water partition coefficient (Wildman–Crippen LogP) is 3.96. The Bertz CT molecular complexity index is 951. The van der Waals surface area contributed by atoms with Crippen molar-refractivity contribution in [3.63, 3.8) is 0 Å². The van der Waals surface area contributed by atoms with Gasteiger partial charge in [0.1, 0.15) is 0 Å². The van der Waals surface area contributed by atoms with Crippen LogP contribution in [0.4, 0.5) is 11.5 Å². The van der Waals surface area contributed by atoms with Crippen molar-refractivity contribution in [3.05, 3.63) is 66.5 Å². The highest BCUT2D eigenvalue weighted by molar-refractivity contribution is 5.93. The number of rotatable bonds is 5. The molecule has 6 heteroatoms. The molecule has 1 aliphatic heterocycles. The molecule has 148 valence electrons. The van der Waals surface area contributed by atoms with Crippen molar-refractivity contribution >= 4 is 17.4 Å². The molecule has 29 heavy (non-hydrogen) atoms. The predicted molar refractivity (Wildman–Crippen MR) is 115 cm³/mol. The molecule has 0 unspecified atom stereocenters. The fraction of sp³-hybridized carbons (Fsp3) is 0.304. The van der Waals surface area contributed by atoms with Gasteiger partial charge >= 0.3 is 0 Å². The van der Waals surface area contributed by atoms with Crippen molar-refractivity contribution in [2.45, 2.75) is 26.2 Å². The van der Waals surface area contributed by atoms with Crippen LogP contribution < -0.4 is 10.2 Å². The molecule has 1 amide bonds. The zero-order valence-corrected chi connectivity index (χ0v) is 16.6. The first-order valence-electron chi connectivity index (χ1n) is 10.1. The molecule has 0 aliphatic carbocycles. The van der Waals surface area contributed by atoms with E-state index in [-0.39, 0.29) is 11.8 Å². The minimum absolute atomic E-state index is 0.0280. The maximum Gasteiger partial charge on any atom is 0.227 e. The van der Waals surface area contributed by atoms with E-state index in [9.17, 15) is 4.79 Å². The van der Waals surface area contributed by atoms with Gasteiger partial charge in [-0.05, 0) is 55.2 Å². The van der Waals surface area contributed by atoms with Crippen LogP contribution in [-0.4, -0.2) is 34.2 Å². The SMILES string of the molecule is CCc1ccccc1NC(=O)C1CCN(c2ccc(-c3ccncc3)nn2)CC1. The highest BCUT2D eigenvalue weighted by Gasteiger charge is 2.26. The first-order chi connectivity index (χ1) is 14.2. The third-order valence-corrected chi connectivity index (χ3v) is 5.47. The van der Waals surface area contributed by atoms with E-state index in [0.717, 1.165) is 55.1 Å². The Morgan fingerprint density at radius 3 is 2.48 bits per heavy atom. The van der Waals surface area contributed by atoms with Crippen molar-refractivity contribution < 1.29 is 4.79 Å². The summed E-state index contributed by atoms with van der Waals surface area (Å²) >= 11 is 0. The number of amides is 1. The molecule has 0 atom stereocenters. The number of para-hydroxylation sites is 1. The standard InChI is InChI=1S/C23H25N5O/c1-2-17-5-3-4-6-20(17)25-23(29)19-11-15-28(16-12-19)22-8-7-21(26-27-22)18-9-13-24-14-10-18/h3-10,13-14,19H,2,11-12,15-16H2,1H3,(H,25,29). The molecule has 0 saturated carbocycles. The Morgan fingerprint density at radius 2 is 1.79 bits per heavy atom. The largest absolute Gasteiger partial charge is 0.355 e. The Labute approximate surface area is 171 Å². The summed E-state index contributed by atoms with van der Waals surface area (Å²) < 4.78 is 0. The summed E-state index contributed by atoms with van der Waals surface area (Å²) in [6, 6.07) is 15.8. The van der Waals surface area contributed by atoms with E-state index in [2.05, 4.69) is 38.4 Å². The van der Waals surface area contributed by atoms with Crippen LogP contribution in [0.2, 0.25) is 0 Å². The van der Waals surface area contributed by atoms with Crippen molar-refractivity contribution in [2.24, 2.45) is 5.92 Å². The lowest BCUT2D eigenvalue weighted by Gasteiger charge is -2.32. The Balaban J connectivity index is 1.35. The van der Waals surface area contributed by atoms with Crippen LogP contribution in [-0.2, 0) is 11.2 Å². The van der Waals surface area contributed by atoms with Gasteiger partial charge < -0.3 is 10.2 Å². The van der Waals surface area contributed by atoms with E-state index >= 15 is 0 Å². The molecule has 1 saturated heterocycles. The van der Waals surface area contributed by atoms with Crippen LogP contribution in [0.15, 0.2) is 60.9 Å². The lowest BCUT2D eigenvalue weighted by molar-refractivity contribution is -0.120. The summed E-state index contributed by atoms with van der Waals surface area (Å²) in [5.74, 6) is 1.00. The summed E-state index contributed by atoms with van der Waals surface area (Å²) in [5.41, 5.74) is 3.93. The van der Waals surface area contributed by atoms with E-state index in [1.54, 1.807) is 12.4 Å². The van der Waals surface area contributed by atoms with E-state index < -0.39 is 0 Å². The van der Waals surface area contributed by atoms with E-state index in [1.807, 2.05) is 42.5 Å². The Morgan fingerprint density at radius 1 is 1.03 bits per heavy atom. The number of piperidine rings is 1. The number of carbonyl (C=O) groups is 1. The maximum atomic E-state index is 12.7. The average Bonchev–Trinajstić information content (AvgIpc) is 2.80. The van der Waals surface area contributed by atoms with Crippen LogP contribution in [0.25, 0.3) is 11.3 Å². The lowest BCUT2D eigenvalue weighted by atomic mass is 9.95. The summed E-state index contributed by atoms with van der Waals surface area (Å²) in [6.45, 7) is 3.71. The first kappa shape index (κ1) is 19.1. The van der Waals surface area contributed by atoms with Gasteiger partial charge in [-0.3, -0.25) is 9.78 Å². The van der Waals surface area contributed by atoms with Crippen LogP contribution in [0.5, 0.6) is 0 Å². The zero-order valence-electron chi connectivity index (χ0n) is 16.6. The Kier molecular flexibility index (Phi) is 5.79. The fourth-order valence-electron chi connectivity index (χ4n) is 3.73. The summed E-state index contributed by atoms with van der Waals surface area (Å²) in [6.07, 6.45) is 6.03. The van der Waals surface area contributed by atoms with Crippen LogP contribution in [0.1, 0.15) is 25.3 Å². The van der Waals surface area contributed by atoms with Crippen molar-refractivity contribution in [2.75, 3.05) is 23.3 Å². The molecule has 3 aromatic rings. The molecule has 1 aromatic carbocycles. The maximum absolute atomic E-state index is 12.7. The van der Waals surface area contributed by atoms with Gasteiger partial charge in [-0.1, -0.05) is 25.1 Å². The van der Waals surface area contributed by atoms with Gasteiger partial charge in [-0.2, -0.15) is 0 Å². The number of pyridine rings is 1. The summed E-state index contributed by atoms with van der Waals surface area (Å²) in [4.78, 5) is 18.9. The number of nitrogens with zero attached hydrogens (tertiary/aromatic N) is 4. The summed E-state index contributed by atoms with van der Waals surface area (Å²) in [5, 5.41) is 11.9. The van der Waals surface area contributed by atoms with E-state index in [1.165, 1.54) is 5.56 Å². The van der Waals surface area contributed by atoms with Gasteiger partial charge in [0.25, 0.3) is 0 Å². The molecule has 0 spiro atoms. The molecular weight excluding hydrogens is 362 g/mol. The number of aryl methyl sites for hydroxylation is 1. The normalized spacial score (nSPS) is 14.6. The molecule has 2 aromatic heterocycles. The Hall–Kier alpha value is -3.28. The number of nitrogens with one attached hydrogen (secondary N) is 1. The molecule has 0 radical (unpaired) electrons. The quantitative estimate of drug-likeness (QED) is 0.718. The van der Waals surface area contributed by atoms with Gasteiger partial charge in [-0.15, -0.1) is 10.2 Å². The fourth-order valence-corrected chi connectivity index (χ4v) is 3.73. The van der Waals surface area contributed by atoms with Gasteiger partial charge in [-0.25, -0.2) is 0 Å². The zero-order chi connectivity index (χ0) is 20.1. The molecular formula is C23H25N5O. The molecule has 1 aliphatic rings. The molecule has 4 rings (SSSR count). The van der Waals surface area contributed by atoms with Crippen molar-refractivity contribution in [3.8, 4) is 11.3 Å². The van der Waals surface area contributed by atoms with Gasteiger partial charge in [0.2, 0.25) is 5.91 Å². The topological polar surface area (TPSA) is 71.0 Å². The molecule has 1 fully saturated rings. The van der Waals surface area contributed by atoms with Gasteiger partial charge in [0.05, 0.1) is 5.69 Å². The second-order valence-corrected chi connectivity index (χ2v) is 7.27. The van der Waals surface area contributed by atoms with Crippen LogP contribution in [0.3, 0.4) is 0 Å². The third kappa shape index (κ3) is 4.42. The highest BCUT2D eigenvalue weighted by Crippen LogP contribution is 2.25. The number of anilines is 2. The first-order valence-corrected chi connectivity index (χ1v) is 10.1. The number of hydrogen-bond donors (Lipinski definition) is 1. The second-order valence-electron chi connectivity index (χ2n) is 7.27. The number of carbonyl (C=O) groups excluding carboxylic acids is 1.